The standard InChI is InChI=1S/C9H17NO3/c1-9(13)3-2-4-10-5-6(11)7(12)8(9)10/h6-8,11-13H,2-5H2,1H3/t6-,7-,8+,9-/m1/s1. The normalized spacial score (nSPS) is 52.2. The van der Waals surface area contributed by atoms with E-state index in [-0.39, 0.29) is 6.04 Å². The zero-order valence-corrected chi connectivity index (χ0v) is 7.85. The molecule has 0 aromatic heterocycles. The third kappa shape index (κ3) is 1.38. The third-order valence-electron chi connectivity index (χ3n) is 3.30. The molecule has 4 atom stereocenters. The number of nitrogens with zero attached hydrogens (tertiary/aromatic N) is 1. The molecule has 0 aliphatic carbocycles. The SMILES string of the molecule is C[C@@]1(O)CCCN2C[C@@H](O)[C@@H](O)[C@H]21. The molecule has 0 radical (unpaired) electrons. The van der Waals surface area contributed by atoms with Crippen molar-refractivity contribution in [3.8, 4) is 0 Å². The summed E-state index contributed by atoms with van der Waals surface area (Å²) in [5.41, 5.74) is -0.852. The number of piperidine rings is 1. The summed E-state index contributed by atoms with van der Waals surface area (Å²) < 4.78 is 0. The Bertz CT molecular complexity index is 207. The van der Waals surface area contributed by atoms with Crippen LogP contribution in [0, 0.1) is 0 Å². The maximum absolute atomic E-state index is 10.0. The summed E-state index contributed by atoms with van der Waals surface area (Å²) in [5.74, 6) is 0. The maximum Gasteiger partial charge on any atom is 0.0994 e. The molecule has 3 N–H and O–H groups in total. The van der Waals surface area contributed by atoms with E-state index in [9.17, 15) is 15.3 Å². The fourth-order valence-corrected chi connectivity index (χ4v) is 2.67. The molecular formula is C9H17NO3. The van der Waals surface area contributed by atoms with Crippen molar-refractivity contribution in [2.24, 2.45) is 0 Å². The number of hydrogen-bond donors (Lipinski definition) is 3. The van der Waals surface area contributed by atoms with Crippen molar-refractivity contribution in [2.75, 3.05) is 13.1 Å². The first kappa shape index (κ1) is 9.40. The van der Waals surface area contributed by atoms with E-state index in [0.717, 1.165) is 13.0 Å². The maximum atomic E-state index is 10.0. The average molecular weight is 187 g/mol. The van der Waals surface area contributed by atoms with E-state index in [1.54, 1.807) is 6.92 Å². The molecule has 0 unspecified atom stereocenters. The van der Waals surface area contributed by atoms with Gasteiger partial charge in [-0.25, -0.2) is 0 Å². The molecule has 0 spiro atoms. The van der Waals surface area contributed by atoms with E-state index in [0.29, 0.717) is 13.0 Å². The summed E-state index contributed by atoms with van der Waals surface area (Å²) in [7, 11) is 0. The van der Waals surface area contributed by atoms with Gasteiger partial charge in [0.25, 0.3) is 0 Å². The van der Waals surface area contributed by atoms with Crippen LogP contribution < -0.4 is 0 Å². The Morgan fingerprint density at radius 2 is 2.08 bits per heavy atom. The third-order valence-corrected chi connectivity index (χ3v) is 3.30. The predicted molar refractivity (Wildman–Crippen MR) is 47.2 cm³/mol. The van der Waals surface area contributed by atoms with Gasteiger partial charge in [-0.05, 0) is 26.3 Å². The van der Waals surface area contributed by atoms with Crippen LogP contribution in [0.1, 0.15) is 19.8 Å². The molecule has 4 nitrogen and oxygen atoms in total. The van der Waals surface area contributed by atoms with Crippen molar-refractivity contribution in [1.29, 1.82) is 0 Å². The highest BCUT2D eigenvalue weighted by molar-refractivity contribution is 5.05. The van der Waals surface area contributed by atoms with Gasteiger partial charge in [0, 0.05) is 6.54 Å². The molecule has 2 rings (SSSR count). The lowest BCUT2D eigenvalue weighted by Crippen LogP contribution is -2.56. The number of aliphatic hydroxyl groups excluding tert-OH is 2. The van der Waals surface area contributed by atoms with Crippen LogP contribution in [0.5, 0.6) is 0 Å². The molecule has 2 heterocycles. The van der Waals surface area contributed by atoms with Crippen LogP contribution in [0.15, 0.2) is 0 Å². The Morgan fingerprint density at radius 1 is 1.38 bits per heavy atom. The van der Waals surface area contributed by atoms with Gasteiger partial charge >= 0.3 is 0 Å². The van der Waals surface area contributed by atoms with E-state index >= 15 is 0 Å². The Kier molecular flexibility index (Phi) is 2.11. The minimum absolute atomic E-state index is 0.281. The summed E-state index contributed by atoms with van der Waals surface area (Å²) >= 11 is 0. The van der Waals surface area contributed by atoms with E-state index < -0.39 is 17.8 Å². The van der Waals surface area contributed by atoms with Crippen LogP contribution in [-0.2, 0) is 0 Å². The summed E-state index contributed by atoms with van der Waals surface area (Å²) in [6.45, 7) is 3.10. The van der Waals surface area contributed by atoms with Crippen molar-refractivity contribution < 1.29 is 15.3 Å². The average Bonchev–Trinajstić information content (AvgIpc) is 2.28. The van der Waals surface area contributed by atoms with Gasteiger partial charge in [0.2, 0.25) is 0 Å². The number of fused-ring (bicyclic) bond motifs is 1. The van der Waals surface area contributed by atoms with Crippen molar-refractivity contribution in [1.82, 2.24) is 4.90 Å². The Hall–Kier alpha value is -0.160. The molecule has 2 fully saturated rings. The monoisotopic (exact) mass is 187 g/mol. The van der Waals surface area contributed by atoms with Gasteiger partial charge in [0.15, 0.2) is 0 Å². The van der Waals surface area contributed by atoms with Crippen molar-refractivity contribution in [3.05, 3.63) is 0 Å². The first-order chi connectivity index (χ1) is 6.02. The molecule has 0 aromatic carbocycles. The molecule has 2 aliphatic heterocycles. The van der Waals surface area contributed by atoms with Gasteiger partial charge in [0.05, 0.1) is 23.9 Å². The molecule has 0 bridgehead atoms. The zero-order valence-electron chi connectivity index (χ0n) is 7.85. The quantitative estimate of drug-likeness (QED) is 0.452. The molecule has 76 valence electrons. The molecule has 0 aromatic rings. The van der Waals surface area contributed by atoms with Crippen molar-refractivity contribution in [2.45, 2.75) is 43.6 Å². The smallest absolute Gasteiger partial charge is 0.0994 e. The fourth-order valence-electron chi connectivity index (χ4n) is 2.67. The van der Waals surface area contributed by atoms with Crippen LogP contribution in [0.4, 0.5) is 0 Å². The first-order valence-corrected chi connectivity index (χ1v) is 4.85. The van der Waals surface area contributed by atoms with Crippen LogP contribution in [0.25, 0.3) is 0 Å². The van der Waals surface area contributed by atoms with Crippen molar-refractivity contribution in [3.63, 3.8) is 0 Å². The summed E-state index contributed by atoms with van der Waals surface area (Å²) in [4.78, 5) is 1.98. The lowest BCUT2D eigenvalue weighted by molar-refractivity contribution is -0.0898. The summed E-state index contributed by atoms with van der Waals surface area (Å²) in [5, 5.41) is 29.2. The second-order valence-corrected chi connectivity index (χ2v) is 4.46. The fraction of sp³-hybridized carbons (Fsp3) is 1.00. The minimum atomic E-state index is -0.852. The van der Waals surface area contributed by atoms with Gasteiger partial charge in [-0.1, -0.05) is 0 Å². The predicted octanol–water partition coefficient (Wildman–Crippen LogP) is -1.06. The van der Waals surface area contributed by atoms with Gasteiger partial charge in [-0.3, -0.25) is 4.90 Å². The number of hydrogen-bond acceptors (Lipinski definition) is 4. The Labute approximate surface area is 77.8 Å². The molecule has 4 heteroatoms. The number of aliphatic hydroxyl groups is 3. The molecule has 13 heavy (non-hydrogen) atoms. The summed E-state index contributed by atoms with van der Waals surface area (Å²) in [6, 6.07) is -0.281. The highest BCUT2D eigenvalue weighted by Gasteiger charge is 2.50. The molecule has 2 aliphatic rings. The van der Waals surface area contributed by atoms with Crippen molar-refractivity contribution >= 4 is 0 Å². The van der Waals surface area contributed by atoms with Gasteiger partial charge in [-0.2, -0.15) is 0 Å². The van der Waals surface area contributed by atoms with E-state index in [2.05, 4.69) is 0 Å². The van der Waals surface area contributed by atoms with Crippen LogP contribution in [0.2, 0.25) is 0 Å². The highest BCUT2D eigenvalue weighted by atomic mass is 16.3. The molecular weight excluding hydrogens is 170 g/mol. The topological polar surface area (TPSA) is 63.9 Å². The van der Waals surface area contributed by atoms with Crippen LogP contribution >= 0.6 is 0 Å². The first-order valence-electron chi connectivity index (χ1n) is 4.85. The second kappa shape index (κ2) is 2.92. The van der Waals surface area contributed by atoms with E-state index in [4.69, 9.17) is 0 Å². The Morgan fingerprint density at radius 3 is 2.69 bits per heavy atom. The van der Waals surface area contributed by atoms with E-state index in [1.165, 1.54) is 0 Å². The summed E-state index contributed by atoms with van der Waals surface area (Å²) in [6.07, 6.45) is 0.144. The van der Waals surface area contributed by atoms with Crippen LogP contribution in [-0.4, -0.2) is 57.2 Å². The molecule has 2 saturated heterocycles. The lowest BCUT2D eigenvalue weighted by atomic mass is 9.85. The van der Waals surface area contributed by atoms with Gasteiger partial charge in [0.1, 0.15) is 0 Å². The van der Waals surface area contributed by atoms with Gasteiger partial charge in [-0.15, -0.1) is 0 Å². The molecule has 0 amide bonds. The van der Waals surface area contributed by atoms with E-state index in [1.807, 2.05) is 4.90 Å². The largest absolute Gasteiger partial charge is 0.389 e. The zero-order chi connectivity index (χ0) is 9.64. The minimum Gasteiger partial charge on any atom is -0.389 e. The lowest BCUT2D eigenvalue weighted by Gasteiger charge is -2.42. The van der Waals surface area contributed by atoms with Gasteiger partial charge < -0.3 is 15.3 Å². The highest BCUT2D eigenvalue weighted by Crippen LogP contribution is 2.34. The Balaban J connectivity index is 2.21. The second-order valence-electron chi connectivity index (χ2n) is 4.46. The number of rotatable bonds is 0. The van der Waals surface area contributed by atoms with Crippen LogP contribution in [0.3, 0.4) is 0 Å². The molecule has 0 saturated carbocycles.